The Bertz CT molecular complexity index is 1360. The van der Waals surface area contributed by atoms with E-state index in [9.17, 15) is 9.59 Å². The molecule has 160 valence electrons. The number of thioether (sulfide) groups is 1. The summed E-state index contributed by atoms with van der Waals surface area (Å²) in [6.45, 7) is 4.34. The van der Waals surface area contributed by atoms with Crippen molar-refractivity contribution >= 4 is 45.3 Å². The number of aryl methyl sites for hydroxylation is 2. The van der Waals surface area contributed by atoms with E-state index in [0.717, 1.165) is 22.2 Å². The predicted molar refractivity (Wildman–Crippen MR) is 125 cm³/mol. The van der Waals surface area contributed by atoms with Gasteiger partial charge in [0.2, 0.25) is 5.91 Å². The predicted octanol–water partition coefficient (Wildman–Crippen LogP) is 3.96. The molecule has 31 heavy (non-hydrogen) atoms. The molecule has 0 spiro atoms. The van der Waals surface area contributed by atoms with Gasteiger partial charge in [-0.1, -0.05) is 23.9 Å². The monoisotopic (exact) mass is 436 g/mol. The molecule has 0 bridgehead atoms. The Labute approximate surface area is 184 Å². The average Bonchev–Trinajstić information content (AvgIpc) is 3.04. The number of nitrogens with zero attached hydrogens (tertiary/aromatic N) is 3. The molecule has 0 aliphatic heterocycles. The maximum Gasteiger partial charge on any atom is 0.278 e. The van der Waals surface area contributed by atoms with Crippen LogP contribution in [0.2, 0.25) is 0 Å². The quantitative estimate of drug-likeness (QED) is 0.366. The van der Waals surface area contributed by atoms with Gasteiger partial charge in [-0.25, -0.2) is 4.98 Å². The minimum absolute atomic E-state index is 0.119. The lowest BCUT2D eigenvalue weighted by atomic mass is 10.2. The van der Waals surface area contributed by atoms with Crippen LogP contribution in [0.4, 0.5) is 5.69 Å². The van der Waals surface area contributed by atoms with E-state index in [-0.39, 0.29) is 17.2 Å². The number of aromatic nitrogens is 3. The molecule has 0 aliphatic rings. The summed E-state index contributed by atoms with van der Waals surface area (Å²) in [5.41, 5.74) is 3.77. The van der Waals surface area contributed by atoms with Gasteiger partial charge in [-0.05, 0) is 49.7 Å². The number of anilines is 1. The van der Waals surface area contributed by atoms with Crippen molar-refractivity contribution in [3.05, 3.63) is 58.4 Å². The zero-order chi connectivity index (χ0) is 22.1. The van der Waals surface area contributed by atoms with Crippen LogP contribution in [0.25, 0.3) is 21.9 Å². The number of ether oxygens (including phenoxy) is 1. The molecule has 8 heteroatoms. The summed E-state index contributed by atoms with van der Waals surface area (Å²) in [4.78, 5) is 30.5. The summed E-state index contributed by atoms with van der Waals surface area (Å²) in [7, 11) is 3.47. The zero-order valence-electron chi connectivity index (χ0n) is 17.9. The highest BCUT2D eigenvalue weighted by Gasteiger charge is 2.19. The highest BCUT2D eigenvalue weighted by atomic mass is 32.2. The van der Waals surface area contributed by atoms with E-state index in [1.807, 2.05) is 67.9 Å². The maximum absolute atomic E-state index is 13.3. The Hall–Kier alpha value is -3.26. The molecule has 0 atom stereocenters. The number of benzene rings is 2. The van der Waals surface area contributed by atoms with Gasteiger partial charge < -0.3 is 14.6 Å². The van der Waals surface area contributed by atoms with Crippen LogP contribution in [-0.2, 0) is 18.4 Å². The van der Waals surface area contributed by atoms with Crippen molar-refractivity contribution in [1.82, 2.24) is 14.1 Å². The Morgan fingerprint density at radius 3 is 2.74 bits per heavy atom. The molecule has 0 fully saturated rings. The summed E-state index contributed by atoms with van der Waals surface area (Å²) >= 11 is 1.26. The van der Waals surface area contributed by atoms with Gasteiger partial charge in [-0.2, -0.15) is 0 Å². The largest absolute Gasteiger partial charge is 0.497 e. The van der Waals surface area contributed by atoms with Gasteiger partial charge in [-0.3, -0.25) is 14.2 Å². The van der Waals surface area contributed by atoms with Crippen molar-refractivity contribution < 1.29 is 9.53 Å². The Morgan fingerprint density at radius 1 is 1.23 bits per heavy atom. The van der Waals surface area contributed by atoms with Gasteiger partial charge in [-0.15, -0.1) is 0 Å². The summed E-state index contributed by atoms with van der Waals surface area (Å²) in [6.07, 6.45) is 0. The number of carbonyl (C=O) groups excluding carboxylic acids is 1. The third-order valence-corrected chi connectivity index (χ3v) is 6.19. The summed E-state index contributed by atoms with van der Waals surface area (Å²) in [5, 5.41) is 4.27. The average molecular weight is 437 g/mol. The lowest BCUT2D eigenvalue weighted by molar-refractivity contribution is -0.113. The van der Waals surface area contributed by atoms with Crippen molar-refractivity contribution in [2.24, 2.45) is 7.05 Å². The number of fused-ring (bicyclic) bond motifs is 3. The van der Waals surface area contributed by atoms with E-state index in [2.05, 4.69) is 5.32 Å². The molecule has 0 unspecified atom stereocenters. The van der Waals surface area contributed by atoms with E-state index >= 15 is 0 Å². The molecule has 2 aromatic carbocycles. The molecule has 2 aromatic heterocycles. The normalized spacial score (nSPS) is 11.2. The lowest BCUT2D eigenvalue weighted by Gasteiger charge is -2.11. The fourth-order valence-electron chi connectivity index (χ4n) is 3.70. The maximum atomic E-state index is 13.3. The number of amides is 1. The molecule has 4 rings (SSSR count). The van der Waals surface area contributed by atoms with Gasteiger partial charge in [0.15, 0.2) is 5.16 Å². The highest BCUT2D eigenvalue weighted by Crippen LogP contribution is 2.30. The van der Waals surface area contributed by atoms with Crippen molar-refractivity contribution in [2.75, 3.05) is 18.2 Å². The number of carbonyl (C=O) groups is 1. The minimum Gasteiger partial charge on any atom is -0.497 e. The first-order chi connectivity index (χ1) is 14.9. The highest BCUT2D eigenvalue weighted by molar-refractivity contribution is 7.99. The SMILES string of the molecule is CCn1c(SCC(=O)Nc2cccc(C)c2)nc2c3cc(OC)ccc3n(C)c2c1=O. The second kappa shape index (κ2) is 8.47. The van der Waals surface area contributed by atoms with Gasteiger partial charge in [0.1, 0.15) is 16.8 Å². The number of nitrogens with one attached hydrogen (secondary N) is 1. The molecule has 1 N–H and O–H groups in total. The van der Waals surface area contributed by atoms with E-state index in [1.54, 1.807) is 11.7 Å². The van der Waals surface area contributed by atoms with Crippen molar-refractivity contribution in [2.45, 2.75) is 25.5 Å². The molecular weight excluding hydrogens is 412 g/mol. The summed E-state index contributed by atoms with van der Waals surface area (Å²) in [5.74, 6) is 0.709. The molecule has 2 heterocycles. The van der Waals surface area contributed by atoms with Crippen molar-refractivity contribution in [3.8, 4) is 5.75 Å². The fourth-order valence-corrected chi connectivity index (χ4v) is 4.55. The molecule has 4 aromatic rings. The van der Waals surface area contributed by atoms with E-state index in [4.69, 9.17) is 9.72 Å². The van der Waals surface area contributed by atoms with Gasteiger partial charge in [0, 0.05) is 24.7 Å². The van der Waals surface area contributed by atoms with E-state index < -0.39 is 0 Å². The first-order valence-electron chi connectivity index (χ1n) is 9.99. The van der Waals surface area contributed by atoms with E-state index in [1.165, 1.54) is 11.8 Å². The van der Waals surface area contributed by atoms with Crippen LogP contribution in [-0.4, -0.2) is 32.9 Å². The summed E-state index contributed by atoms with van der Waals surface area (Å²) in [6, 6.07) is 13.3. The van der Waals surface area contributed by atoms with Gasteiger partial charge in [0.05, 0.1) is 18.4 Å². The Balaban J connectivity index is 1.70. The van der Waals surface area contributed by atoms with Crippen molar-refractivity contribution in [1.29, 1.82) is 0 Å². The summed E-state index contributed by atoms with van der Waals surface area (Å²) < 4.78 is 8.83. The zero-order valence-corrected chi connectivity index (χ0v) is 18.7. The second-order valence-electron chi connectivity index (χ2n) is 7.29. The third-order valence-electron chi connectivity index (χ3n) is 5.22. The number of methoxy groups -OCH3 is 1. The molecule has 0 radical (unpaired) electrons. The van der Waals surface area contributed by atoms with Gasteiger partial charge >= 0.3 is 0 Å². The molecular formula is C23H24N4O3S. The van der Waals surface area contributed by atoms with Crippen LogP contribution < -0.4 is 15.6 Å². The molecule has 0 aliphatic carbocycles. The standard InChI is InChI=1S/C23H24N4O3S/c1-5-27-22(29)21-20(17-12-16(30-4)9-10-18(17)26(21)3)25-23(27)31-13-19(28)24-15-8-6-7-14(2)11-15/h6-12H,5,13H2,1-4H3,(H,24,28). The molecule has 0 saturated heterocycles. The minimum atomic E-state index is -0.146. The topological polar surface area (TPSA) is 78.2 Å². The number of rotatable bonds is 6. The van der Waals surface area contributed by atoms with Crippen LogP contribution in [0.15, 0.2) is 52.4 Å². The first kappa shape index (κ1) is 21.0. The van der Waals surface area contributed by atoms with Crippen LogP contribution in [0.1, 0.15) is 12.5 Å². The number of hydrogen-bond donors (Lipinski definition) is 1. The molecule has 0 saturated carbocycles. The Morgan fingerprint density at radius 2 is 2.03 bits per heavy atom. The second-order valence-corrected chi connectivity index (χ2v) is 8.23. The van der Waals surface area contributed by atoms with Crippen LogP contribution >= 0.6 is 11.8 Å². The first-order valence-corrected chi connectivity index (χ1v) is 11.0. The third kappa shape index (κ3) is 3.90. The van der Waals surface area contributed by atoms with Gasteiger partial charge in [0.25, 0.3) is 5.56 Å². The lowest BCUT2D eigenvalue weighted by Crippen LogP contribution is -2.24. The number of hydrogen-bond acceptors (Lipinski definition) is 5. The van der Waals surface area contributed by atoms with Crippen molar-refractivity contribution in [3.63, 3.8) is 0 Å². The Kier molecular flexibility index (Phi) is 5.73. The molecule has 1 amide bonds. The smallest absolute Gasteiger partial charge is 0.278 e. The van der Waals surface area contributed by atoms with Crippen LogP contribution in [0, 0.1) is 6.92 Å². The fraction of sp³-hybridized carbons (Fsp3) is 0.261. The van der Waals surface area contributed by atoms with Crippen LogP contribution in [0.3, 0.4) is 0 Å². The molecule has 7 nitrogen and oxygen atoms in total. The van der Waals surface area contributed by atoms with Crippen LogP contribution in [0.5, 0.6) is 5.75 Å². The van der Waals surface area contributed by atoms with E-state index in [0.29, 0.717) is 28.5 Å².